The molecule has 0 aliphatic heterocycles. The minimum Gasteiger partial charge on any atom is -0.395 e. The quantitative estimate of drug-likeness (QED) is 0.660. The Morgan fingerprint density at radius 1 is 1.35 bits per heavy atom. The molecule has 0 saturated heterocycles. The van der Waals surface area contributed by atoms with Crippen LogP contribution < -0.4 is 0 Å². The summed E-state index contributed by atoms with van der Waals surface area (Å²) in [5.74, 6) is -0.0711. The zero-order valence-electron chi connectivity index (χ0n) is 14.5. The molecular weight excluding hydrogens is 393 g/mol. The van der Waals surface area contributed by atoms with Crippen molar-refractivity contribution in [2.75, 3.05) is 19.7 Å². The van der Waals surface area contributed by atoms with Crippen molar-refractivity contribution >= 4 is 50.7 Å². The first-order chi connectivity index (χ1) is 12.4. The molecule has 0 saturated carbocycles. The van der Waals surface area contributed by atoms with Crippen LogP contribution in [0.1, 0.15) is 27.9 Å². The first-order valence-corrected chi connectivity index (χ1v) is 9.82. The maximum atomic E-state index is 12.7. The molecule has 8 heteroatoms. The SMILES string of the molecule is CCN(CCO)C(=O)c1cc2c(C)nn(Cc3ccc(Cl)cc3Cl)c2s1. The number of likely N-dealkylation sites (N-methyl/N-ethyl adjacent to an activating group) is 1. The van der Waals surface area contributed by atoms with Crippen molar-refractivity contribution in [3.05, 3.63) is 50.4 Å². The van der Waals surface area contributed by atoms with Gasteiger partial charge in [-0.05, 0) is 37.6 Å². The average molecular weight is 412 g/mol. The van der Waals surface area contributed by atoms with E-state index in [9.17, 15) is 4.79 Å². The summed E-state index contributed by atoms with van der Waals surface area (Å²) in [7, 11) is 0. The topological polar surface area (TPSA) is 58.4 Å². The Kier molecular flexibility index (Phi) is 5.87. The summed E-state index contributed by atoms with van der Waals surface area (Å²) in [6.07, 6.45) is 0. The number of aliphatic hydroxyl groups excluding tert-OH is 1. The number of aromatic nitrogens is 2. The second kappa shape index (κ2) is 7.96. The predicted octanol–water partition coefficient (Wildman–Crippen LogP) is 4.22. The number of benzene rings is 1. The number of carbonyl (C=O) groups excluding carboxylic acids is 1. The minimum absolute atomic E-state index is 0.0493. The van der Waals surface area contributed by atoms with Gasteiger partial charge in [0.25, 0.3) is 5.91 Å². The van der Waals surface area contributed by atoms with E-state index in [1.54, 1.807) is 17.0 Å². The number of amides is 1. The highest BCUT2D eigenvalue weighted by Gasteiger charge is 2.20. The molecule has 1 aromatic carbocycles. The number of nitrogens with zero attached hydrogens (tertiary/aromatic N) is 3. The fourth-order valence-corrected chi connectivity index (χ4v) is 4.41. The smallest absolute Gasteiger partial charge is 0.264 e. The summed E-state index contributed by atoms with van der Waals surface area (Å²) in [4.78, 5) is 15.9. The molecule has 1 N–H and O–H groups in total. The largest absolute Gasteiger partial charge is 0.395 e. The van der Waals surface area contributed by atoms with E-state index < -0.39 is 0 Å². The predicted molar refractivity (Wildman–Crippen MR) is 107 cm³/mol. The number of aliphatic hydroxyl groups is 1. The lowest BCUT2D eigenvalue weighted by Crippen LogP contribution is -2.32. The summed E-state index contributed by atoms with van der Waals surface area (Å²) in [5, 5.41) is 15.9. The van der Waals surface area contributed by atoms with Crippen molar-refractivity contribution in [3.8, 4) is 0 Å². The lowest BCUT2D eigenvalue weighted by atomic mass is 10.2. The molecule has 0 spiro atoms. The van der Waals surface area contributed by atoms with Crippen LogP contribution in [0.3, 0.4) is 0 Å². The summed E-state index contributed by atoms with van der Waals surface area (Å²) in [5.41, 5.74) is 1.78. The highest BCUT2D eigenvalue weighted by molar-refractivity contribution is 7.20. The van der Waals surface area contributed by atoms with Crippen LogP contribution in [-0.2, 0) is 6.54 Å². The molecule has 0 atom stereocenters. The maximum Gasteiger partial charge on any atom is 0.264 e. The summed E-state index contributed by atoms with van der Waals surface area (Å²) < 4.78 is 1.86. The number of thiophene rings is 1. The Hall–Kier alpha value is -1.60. The Morgan fingerprint density at radius 2 is 2.12 bits per heavy atom. The highest BCUT2D eigenvalue weighted by Crippen LogP contribution is 2.31. The number of halogens is 2. The van der Waals surface area contributed by atoms with Crippen LogP contribution in [0.2, 0.25) is 10.0 Å². The first-order valence-electron chi connectivity index (χ1n) is 8.25. The van der Waals surface area contributed by atoms with Gasteiger partial charge in [-0.1, -0.05) is 29.3 Å². The molecule has 0 aliphatic carbocycles. The Labute approximate surface area is 165 Å². The van der Waals surface area contributed by atoms with Crippen molar-refractivity contribution in [1.29, 1.82) is 0 Å². The number of hydrogen-bond donors (Lipinski definition) is 1. The molecule has 0 radical (unpaired) electrons. The van der Waals surface area contributed by atoms with E-state index in [4.69, 9.17) is 28.3 Å². The number of rotatable bonds is 6. The normalized spacial score (nSPS) is 11.3. The van der Waals surface area contributed by atoms with Gasteiger partial charge >= 0.3 is 0 Å². The minimum atomic E-state index is -0.0711. The van der Waals surface area contributed by atoms with E-state index in [2.05, 4.69) is 5.10 Å². The molecule has 0 fully saturated rings. The third-order valence-electron chi connectivity index (χ3n) is 4.19. The van der Waals surface area contributed by atoms with Crippen LogP contribution in [0.4, 0.5) is 0 Å². The van der Waals surface area contributed by atoms with Crippen molar-refractivity contribution in [2.45, 2.75) is 20.4 Å². The van der Waals surface area contributed by atoms with E-state index in [0.717, 1.165) is 21.5 Å². The van der Waals surface area contributed by atoms with Gasteiger partial charge in [0.2, 0.25) is 0 Å². The Balaban J connectivity index is 1.95. The van der Waals surface area contributed by atoms with E-state index in [0.29, 0.717) is 34.6 Å². The number of fused-ring (bicyclic) bond motifs is 1. The third kappa shape index (κ3) is 3.74. The van der Waals surface area contributed by atoms with Crippen LogP contribution in [0.25, 0.3) is 10.2 Å². The monoisotopic (exact) mass is 411 g/mol. The molecule has 138 valence electrons. The lowest BCUT2D eigenvalue weighted by Gasteiger charge is -2.18. The molecular formula is C18H19Cl2N3O2S. The molecule has 3 aromatic rings. The van der Waals surface area contributed by atoms with Gasteiger partial charge in [0.05, 0.1) is 23.7 Å². The zero-order valence-corrected chi connectivity index (χ0v) is 16.8. The third-order valence-corrected chi connectivity index (χ3v) is 5.92. The molecule has 5 nitrogen and oxygen atoms in total. The van der Waals surface area contributed by atoms with Gasteiger partial charge in [0.15, 0.2) is 0 Å². The van der Waals surface area contributed by atoms with Gasteiger partial charge in [-0.15, -0.1) is 11.3 Å². The van der Waals surface area contributed by atoms with Crippen molar-refractivity contribution < 1.29 is 9.90 Å². The van der Waals surface area contributed by atoms with Gasteiger partial charge in [-0.2, -0.15) is 5.10 Å². The second-order valence-corrected chi connectivity index (χ2v) is 7.79. The van der Waals surface area contributed by atoms with Crippen LogP contribution in [0.5, 0.6) is 0 Å². The Morgan fingerprint density at radius 3 is 2.77 bits per heavy atom. The molecule has 0 bridgehead atoms. The van der Waals surface area contributed by atoms with Gasteiger partial charge in [0, 0.05) is 28.5 Å². The fourth-order valence-electron chi connectivity index (χ4n) is 2.82. The summed E-state index contributed by atoms with van der Waals surface area (Å²) in [6.45, 7) is 5.16. The molecule has 3 rings (SSSR count). The number of carbonyl (C=O) groups is 1. The standard InChI is InChI=1S/C18H19Cl2N3O2S/c1-3-22(6-7-24)17(25)16-9-14-11(2)21-23(18(14)26-16)10-12-4-5-13(19)8-15(12)20/h4-5,8-9,24H,3,6-7,10H2,1-2H3. The fraction of sp³-hybridized carbons (Fsp3) is 0.333. The van der Waals surface area contributed by atoms with E-state index in [-0.39, 0.29) is 12.5 Å². The van der Waals surface area contributed by atoms with Gasteiger partial charge < -0.3 is 10.0 Å². The average Bonchev–Trinajstić information content (AvgIpc) is 3.16. The second-order valence-electron chi connectivity index (χ2n) is 5.92. The van der Waals surface area contributed by atoms with Crippen molar-refractivity contribution in [1.82, 2.24) is 14.7 Å². The molecule has 0 unspecified atom stereocenters. The van der Waals surface area contributed by atoms with E-state index in [1.165, 1.54) is 11.3 Å². The van der Waals surface area contributed by atoms with Crippen LogP contribution in [0, 0.1) is 6.92 Å². The van der Waals surface area contributed by atoms with Crippen LogP contribution >= 0.6 is 34.5 Å². The van der Waals surface area contributed by atoms with E-state index >= 15 is 0 Å². The van der Waals surface area contributed by atoms with Crippen LogP contribution in [-0.4, -0.2) is 45.4 Å². The molecule has 0 aliphatic rings. The first kappa shape index (κ1) is 19.2. The Bertz CT molecular complexity index is 951. The number of hydrogen-bond acceptors (Lipinski definition) is 4. The van der Waals surface area contributed by atoms with Crippen molar-refractivity contribution in [2.24, 2.45) is 0 Å². The van der Waals surface area contributed by atoms with Gasteiger partial charge in [-0.3, -0.25) is 9.48 Å². The van der Waals surface area contributed by atoms with Crippen LogP contribution in [0.15, 0.2) is 24.3 Å². The number of aryl methyl sites for hydroxylation is 1. The highest BCUT2D eigenvalue weighted by atomic mass is 35.5. The van der Waals surface area contributed by atoms with E-state index in [1.807, 2.05) is 30.7 Å². The lowest BCUT2D eigenvalue weighted by molar-refractivity contribution is 0.0737. The van der Waals surface area contributed by atoms with Gasteiger partial charge in [-0.25, -0.2) is 0 Å². The zero-order chi connectivity index (χ0) is 18.8. The maximum absolute atomic E-state index is 12.7. The van der Waals surface area contributed by atoms with Gasteiger partial charge in [0.1, 0.15) is 4.83 Å². The molecule has 26 heavy (non-hydrogen) atoms. The molecule has 2 aromatic heterocycles. The molecule has 2 heterocycles. The molecule has 1 amide bonds. The van der Waals surface area contributed by atoms with Crippen molar-refractivity contribution in [3.63, 3.8) is 0 Å². The summed E-state index contributed by atoms with van der Waals surface area (Å²) >= 11 is 13.7. The summed E-state index contributed by atoms with van der Waals surface area (Å²) in [6, 6.07) is 7.27.